The second kappa shape index (κ2) is 6.71. The minimum Gasteiger partial charge on any atom is -0.378 e. The quantitative estimate of drug-likeness (QED) is 0.759. The first-order valence-electron chi connectivity index (χ1n) is 8.09. The number of rotatable bonds is 4. The zero-order valence-corrected chi connectivity index (χ0v) is 14.0. The first-order chi connectivity index (χ1) is 11.8. The molecule has 1 saturated heterocycles. The van der Waals surface area contributed by atoms with Gasteiger partial charge in [-0.15, -0.1) is 0 Å². The van der Waals surface area contributed by atoms with Crippen LogP contribution in [0.1, 0.15) is 5.82 Å². The predicted molar refractivity (Wildman–Crippen MR) is 97.9 cm³/mol. The van der Waals surface area contributed by atoms with Crippen molar-refractivity contribution in [1.82, 2.24) is 9.97 Å². The van der Waals surface area contributed by atoms with E-state index in [0.717, 1.165) is 48.8 Å². The minimum absolute atomic E-state index is 0.642. The molecule has 0 bridgehead atoms. The second-order valence-corrected chi connectivity index (χ2v) is 6.28. The number of halogens is 1. The molecule has 1 aliphatic heterocycles. The number of H-pyrrole nitrogens is 1. The monoisotopic (exact) mass is 342 g/mol. The summed E-state index contributed by atoms with van der Waals surface area (Å²) in [6, 6.07) is 14.2. The van der Waals surface area contributed by atoms with Crippen LogP contribution in [0.4, 0.5) is 11.4 Å². The molecule has 0 radical (unpaired) electrons. The number of fused-ring (bicyclic) bond motifs is 1. The summed E-state index contributed by atoms with van der Waals surface area (Å²) in [5.74, 6) is 0.893. The number of hydrogen-bond donors (Lipinski definition) is 2. The van der Waals surface area contributed by atoms with Gasteiger partial charge >= 0.3 is 0 Å². The van der Waals surface area contributed by atoms with Gasteiger partial charge in [0, 0.05) is 29.5 Å². The summed E-state index contributed by atoms with van der Waals surface area (Å²) < 4.78 is 5.39. The van der Waals surface area contributed by atoms with E-state index in [2.05, 4.69) is 44.5 Å². The third-order valence-corrected chi connectivity index (χ3v) is 4.43. The van der Waals surface area contributed by atoms with Crippen LogP contribution >= 0.6 is 11.6 Å². The van der Waals surface area contributed by atoms with Crippen molar-refractivity contribution >= 4 is 34.0 Å². The molecule has 0 amide bonds. The lowest BCUT2D eigenvalue weighted by Gasteiger charge is -2.28. The van der Waals surface area contributed by atoms with E-state index in [-0.39, 0.29) is 0 Å². The van der Waals surface area contributed by atoms with Crippen molar-refractivity contribution in [1.29, 1.82) is 0 Å². The summed E-state index contributed by atoms with van der Waals surface area (Å²) in [5, 5.41) is 4.11. The molecule has 1 fully saturated rings. The minimum atomic E-state index is 0.642. The highest BCUT2D eigenvalue weighted by molar-refractivity contribution is 6.31. The highest BCUT2D eigenvalue weighted by atomic mass is 35.5. The van der Waals surface area contributed by atoms with Gasteiger partial charge in [-0.1, -0.05) is 11.6 Å². The van der Waals surface area contributed by atoms with Crippen LogP contribution in [0.25, 0.3) is 11.0 Å². The molecule has 124 valence electrons. The van der Waals surface area contributed by atoms with Gasteiger partial charge in [-0.3, -0.25) is 0 Å². The Hall–Kier alpha value is -2.24. The van der Waals surface area contributed by atoms with Gasteiger partial charge in [0.2, 0.25) is 0 Å². The van der Waals surface area contributed by atoms with Crippen LogP contribution in [0.2, 0.25) is 5.02 Å². The fourth-order valence-electron chi connectivity index (χ4n) is 2.92. The maximum Gasteiger partial charge on any atom is 0.126 e. The molecule has 3 aromatic rings. The number of hydrogen-bond acceptors (Lipinski definition) is 4. The number of ether oxygens (including phenoxy) is 1. The van der Waals surface area contributed by atoms with Crippen LogP contribution in [0.15, 0.2) is 42.5 Å². The molecular weight excluding hydrogens is 324 g/mol. The van der Waals surface area contributed by atoms with Crippen LogP contribution in [-0.2, 0) is 11.3 Å². The van der Waals surface area contributed by atoms with Crippen molar-refractivity contribution in [3.63, 3.8) is 0 Å². The van der Waals surface area contributed by atoms with E-state index in [1.807, 2.05) is 18.2 Å². The average Bonchev–Trinajstić information content (AvgIpc) is 3.03. The smallest absolute Gasteiger partial charge is 0.126 e. The van der Waals surface area contributed by atoms with E-state index in [1.54, 1.807) is 0 Å². The van der Waals surface area contributed by atoms with Crippen molar-refractivity contribution in [2.75, 3.05) is 36.5 Å². The van der Waals surface area contributed by atoms with Gasteiger partial charge < -0.3 is 19.9 Å². The number of imidazole rings is 1. The molecule has 2 heterocycles. The lowest BCUT2D eigenvalue weighted by molar-refractivity contribution is 0.122. The molecule has 4 rings (SSSR count). The highest BCUT2D eigenvalue weighted by Gasteiger charge is 2.10. The van der Waals surface area contributed by atoms with Crippen LogP contribution in [0, 0.1) is 0 Å². The molecule has 6 heteroatoms. The van der Waals surface area contributed by atoms with Crippen molar-refractivity contribution < 1.29 is 4.74 Å². The Morgan fingerprint density at radius 3 is 2.71 bits per heavy atom. The normalized spacial score (nSPS) is 15.0. The van der Waals surface area contributed by atoms with Gasteiger partial charge in [-0.25, -0.2) is 4.98 Å². The Kier molecular flexibility index (Phi) is 4.28. The van der Waals surface area contributed by atoms with E-state index in [9.17, 15) is 0 Å². The summed E-state index contributed by atoms with van der Waals surface area (Å²) >= 11 is 6.00. The summed E-state index contributed by atoms with van der Waals surface area (Å²) in [7, 11) is 0. The van der Waals surface area contributed by atoms with Crippen molar-refractivity contribution in [2.45, 2.75) is 6.54 Å². The van der Waals surface area contributed by atoms with Gasteiger partial charge in [0.25, 0.3) is 0 Å². The maximum absolute atomic E-state index is 6.00. The Morgan fingerprint density at radius 1 is 1.12 bits per heavy atom. The summed E-state index contributed by atoms with van der Waals surface area (Å²) in [5.41, 5.74) is 4.20. The number of benzene rings is 2. The van der Waals surface area contributed by atoms with Gasteiger partial charge in [-0.05, 0) is 42.5 Å². The molecule has 1 aromatic heterocycles. The number of aromatic nitrogens is 2. The maximum atomic E-state index is 6.00. The fourth-order valence-corrected chi connectivity index (χ4v) is 3.09. The third kappa shape index (κ3) is 3.32. The molecule has 0 unspecified atom stereocenters. The van der Waals surface area contributed by atoms with Gasteiger partial charge in [0.05, 0.1) is 30.8 Å². The standard InChI is InChI=1S/C18H19ClN4O/c19-13-1-6-16-17(11-13)22-18(21-16)12-20-14-2-4-15(5-3-14)23-7-9-24-10-8-23/h1-6,11,20H,7-10,12H2,(H,21,22). The Labute approximate surface area is 145 Å². The number of aromatic amines is 1. The number of nitrogens with one attached hydrogen (secondary N) is 2. The first-order valence-corrected chi connectivity index (χ1v) is 8.46. The Morgan fingerprint density at radius 2 is 1.92 bits per heavy atom. The van der Waals surface area contributed by atoms with Gasteiger partial charge in [0.15, 0.2) is 0 Å². The second-order valence-electron chi connectivity index (χ2n) is 5.84. The van der Waals surface area contributed by atoms with Crippen LogP contribution in [0.5, 0.6) is 0 Å². The van der Waals surface area contributed by atoms with Crippen molar-refractivity contribution in [2.24, 2.45) is 0 Å². The van der Waals surface area contributed by atoms with E-state index in [0.29, 0.717) is 11.6 Å². The van der Waals surface area contributed by atoms with E-state index >= 15 is 0 Å². The number of morpholine rings is 1. The van der Waals surface area contributed by atoms with E-state index in [4.69, 9.17) is 16.3 Å². The van der Waals surface area contributed by atoms with Crippen LogP contribution in [-0.4, -0.2) is 36.3 Å². The highest BCUT2D eigenvalue weighted by Crippen LogP contribution is 2.20. The van der Waals surface area contributed by atoms with E-state index in [1.165, 1.54) is 5.69 Å². The summed E-state index contributed by atoms with van der Waals surface area (Å²) in [4.78, 5) is 10.2. The Bertz CT molecular complexity index is 825. The largest absolute Gasteiger partial charge is 0.378 e. The first kappa shape index (κ1) is 15.3. The SMILES string of the molecule is Clc1ccc2nc(CNc3ccc(N4CCOCC4)cc3)[nH]c2c1. The van der Waals surface area contributed by atoms with Gasteiger partial charge in [0.1, 0.15) is 5.82 Å². The summed E-state index contributed by atoms with van der Waals surface area (Å²) in [6.45, 7) is 4.15. The predicted octanol–water partition coefficient (Wildman–Crippen LogP) is 3.67. The topological polar surface area (TPSA) is 53.2 Å². The Balaban J connectivity index is 1.41. The van der Waals surface area contributed by atoms with Crippen LogP contribution < -0.4 is 10.2 Å². The zero-order chi connectivity index (χ0) is 16.4. The molecule has 5 nitrogen and oxygen atoms in total. The third-order valence-electron chi connectivity index (χ3n) is 4.20. The molecule has 0 aliphatic carbocycles. The average molecular weight is 343 g/mol. The van der Waals surface area contributed by atoms with Crippen molar-refractivity contribution in [3.8, 4) is 0 Å². The molecule has 0 spiro atoms. The lowest BCUT2D eigenvalue weighted by atomic mass is 10.2. The van der Waals surface area contributed by atoms with Gasteiger partial charge in [-0.2, -0.15) is 0 Å². The van der Waals surface area contributed by atoms with E-state index < -0.39 is 0 Å². The van der Waals surface area contributed by atoms with Crippen molar-refractivity contribution in [3.05, 3.63) is 53.3 Å². The molecule has 2 N–H and O–H groups in total. The molecular formula is C18H19ClN4O. The molecule has 24 heavy (non-hydrogen) atoms. The summed E-state index contributed by atoms with van der Waals surface area (Å²) in [6.07, 6.45) is 0. The molecule has 2 aromatic carbocycles. The molecule has 0 saturated carbocycles. The number of nitrogens with zero attached hydrogens (tertiary/aromatic N) is 2. The lowest BCUT2D eigenvalue weighted by Crippen LogP contribution is -2.36. The molecule has 1 aliphatic rings. The van der Waals surface area contributed by atoms with Crippen LogP contribution in [0.3, 0.4) is 0 Å². The molecule has 0 atom stereocenters. The fraction of sp³-hybridized carbons (Fsp3) is 0.278. The zero-order valence-electron chi connectivity index (χ0n) is 13.3. The number of anilines is 2.